The molecule has 128 valence electrons. The molecule has 0 spiro atoms. The van der Waals surface area contributed by atoms with Crippen LogP contribution in [0.1, 0.15) is 6.92 Å². The maximum Gasteiger partial charge on any atom is 0.170 e. The quantitative estimate of drug-likeness (QED) is 0.560. The molecule has 0 aliphatic heterocycles. The Morgan fingerprint density at radius 1 is 0.958 bits per heavy atom. The number of ether oxygens (including phenoxy) is 3. The first-order chi connectivity index (χ1) is 11.7. The molecule has 0 aliphatic rings. The third kappa shape index (κ3) is 6.06. The standard InChI is InChI=1S/C18H22N2O3S/c1-3-22-15-8-10-17(11-9-15)23-16-6-4-14(5-7-16)20-18(24)19-12-13-21-2/h4-11H,3,12-13H2,1-2H3,(H2,19,20,24). The van der Waals surface area contributed by atoms with Crippen LogP contribution in [0.4, 0.5) is 5.69 Å². The van der Waals surface area contributed by atoms with Gasteiger partial charge in [-0.1, -0.05) is 0 Å². The highest BCUT2D eigenvalue weighted by Crippen LogP contribution is 2.25. The second-order valence-corrected chi connectivity index (χ2v) is 5.31. The molecule has 2 aromatic carbocycles. The lowest BCUT2D eigenvalue weighted by Crippen LogP contribution is -2.31. The maximum absolute atomic E-state index is 5.80. The molecule has 2 aromatic rings. The zero-order valence-corrected chi connectivity index (χ0v) is 14.7. The Bertz CT molecular complexity index is 630. The number of rotatable bonds is 8. The highest BCUT2D eigenvalue weighted by Gasteiger charge is 2.01. The lowest BCUT2D eigenvalue weighted by Gasteiger charge is -2.11. The summed E-state index contributed by atoms with van der Waals surface area (Å²) in [5.41, 5.74) is 0.893. The molecule has 0 unspecified atom stereocenters. The van der Waals surface area contributed by atoms with Crippen LogP contribution in [-0.2, 0) is 4.74 Å². The van der Waals surface area contributed by atoms with Crippen molar-refractivity contribution >= 4 is 23.0 Å². The van der Waals surface area contributed by atoms with Crippen LogP contribution >= 0.6 is 12.2 Å². The molecule has 2 N–H and O–H groups in total. The van der Waals surface area contributed by atoms with Crippen LogP contribution < -0.4 is 20.1 Å². The van der Waals surface area contributed by atoms with Crippen LogP contribution in [0.2, 0.25) is 0 Å². The van der Waals surface area contributed by atoms with Crippen molar-refractivity contribution in [3.05, 3.63) is 48.5 Å². The number of thiocarbonyl (C=S) groups is 1. The highest BCUT2D eigenvalue weighted by atomic mass is 32.1. The van der Waals surface area contributed by atoms with E-state index in [2.05, 4.69) is 10.6 Å². The van der Waals surface area contributed by atoms with Crippen molar-refractivity contribution in [3.8, 4) is 17.2 Å². The topological polar surface area (TPSA) is 51.8 Å². The van der Waals surface area contributed by atoms with Gasteiger partial charge < -0.3 is 24.8 Å². The maximum atomic E-state index is 5.80. The summed E-state index contributed by atoms with van der Waals surface area (Å²) in [6, 6.07) is 15.1. The number of hydrogen-bond donors (Lipinski definition) is 2. The lowest BCUT2D eigenvalue weighted by molar-refractivity contribution is 0.204. The van der Waals surface area contributed by atoms with E-state index >= 15 is 0 Å². The largest absolute Gasteiger partial charge is 0.494 e. The van der Waals surface area contributed by atoms with E-state index in [1.807, 2.05) is 55.5 Å². The molecule has 0 saturated carbocycles. The van der Waals surface area contributed by atoms with Crippen LogP contribution in [0, 0.1) is 0 Å². The molecule has 0 aromatic heterocycles. The van der Waals surface area contributed by atoms with Crippen LogP contribution in [0.3, 0.4) is 0 Å². The van der Waals surface area contributed by atoms with Gasteiger partial charge in [-0.15, -0.1) is 0 Å². The Hall–Kier alpha value is -2.31. The molecule has 2 rings (SSSR count). The van der Waals surface area contributed by atoms with E-state index in [1.54, 1.807) is 7.11 Å². The molecule has 0 fully saturated rings. The van der Waals surface area contributed by atoms with E-state index in [0.29, 0.717) is 24.9 Å². The van der Waals surface area contributed by atoms with Crippen molar-refractivity contribution in [2.24, 2.45) is 0 Å². The van der Waals surface area contributed by atoms with Crippen molar-refractivity contribution in [2.75, 3.05) is 32.2 Å². The molecular weight excluding hydrogens is 324 g/mol. The molecule has 0 amide bonds. The average Bonchev–Trinajstić information content (AvgIpc) is 2.59. The highest BCUT2D eigenvalue weighted by molar-refractivity contribution is 7.80. The van der Waals surface area contributed by atoms with Crippen molar-refractivity contribution in [3.63, 3.8) is 0 Å². The van der Waals surface area contributed by atoms with Gasteiger partial charge in [0, 0.05) is 19.3 Å². The normalized spacial score (nSPS) is 10.1. The minimum absolute atomic E-state index is 0.562. The molecule has 5 nitrogen and oxygen atoms in total. The second kappa shape index (κ2) is 9.75. The van der Waals surface area contributed by atoms with Crippen LogP contribution in [0.25, 0.3) is 0 Å². The van der Waals surface area contributed by atoms with Crippen molar-refractivity contribution in [2.45, 2.75) is 6.92 Å². The van der Waals surface area contributed by atoms with Crippen molar-refractivity contribution < 1.29 is 14.2 Å². The van der Waals surface area contributed by atoms with Gasteiger partial charge in [-0.25, -0.2) is 0 Å². The van der Waals surface area contributed by atoms with Gasteiger partial charge in [0.15, 0.2) is 5.11 Å². The van der Waals surface area contributed by atoms with Gasteiger partial charge in [0.1, 0.15) is 17.2 Å². The van der Waals surface area contributed by atoms with Gasteiger partial charge in [-0.05, 0) is 67.7 Å². The molecule has 0 heterocycles. The second-order valence-electron chi connectivity index (χ2n) is 4.90. The summed E-state index contributed by atoms with van der Waals surface area (Å²) >= 11 is 5.20. The Morgan fingerprint density at radius 3 is 2.12 bits per heavy atom. The zero-order chi connectivity index (χ0) is 17.2. The van der Waals surface area contributed by atoms with Crippen LogP contribution in [0.15, 0.2) is 48.5 Å². The number of nitrogens with one attached hydrogen (secondary N) is 2. The molecular formula is C18H22N2O3S. The van der Waals surface area contributed by atoms with E-state index in [4.69, 9.17) is 26.4 Å². The van der Waals surface area contributed by atoms with Gasteiger partial charge in [0.2, 0.25) is 0 Å². The van der Waals surface area contributed by atoms with E-state index < -0.39 is 0 Å². The summed E-state index contributed by atoms with van der Waals surface area (Å²) in [5, 5.41) is 6.72. The van der Waals surface area contributed by atoms with Gasteiger partial charge in [0.05, 0.1) is 13.2 Å². The molecule has 0 radical (unpaired) electrons. The van der Waals surface area contributed by atoms with E-state index in [9.17, 15) is 0 Å². The summed E-state index contributed by atoms with van der Waals surface area (Å²) in [6.45, 7) is 3.88. The van der Waals surface area contributed by atoms with Crippen molar-refractivity contribution in [1.29, 1.82) is 0 Å². The van der Waals surface area contributed by atoms with Crippen LogP contribution in [0.5, 0.6) is 17.2 Å². The monoisotopic (exact) mass is 346 g/mol. The molecule has 24 heavy (non-hydrogen) atoms. The fraction of sp³-hybridized carbons (Fsp3) is 0.278. The summed E-state index contributed by atoms with van der Waals surface area (Å²) in [7, 11) is 1.65. The van der Waals surface area contributed by atoms with E-state index in [0.717, 1.165) is 22.9 Å². The average molecular weight is 346 g/mol. The van der Waals surface area contributed by atoms with Gasteiger partial charge >= 0.3 is 0 Å². The molecule has 0 bridgehead atoms. The van der Waals surface area contributed by atoms with Gasteiger partial charge in [0.25, 0.3) is 0 Å². The van der Waals surface area contributed by atoms with Crippen LogP contribution in [-0.4, -0.2) is 32.0 Å². The van der Waals surface area contributed by atoms with E-state index in [-0.39, 0.29) is 0 Å². The number of methoxy groups -OCH3 is 1. The van der Waals surface area contributed by atoms with Gasteiger partial charge in [-0.3, -0.25) is 0 Å². The SMILES string of the molecule is CCOc1ccc(Oc2ccc(NC(=S)NCCOC)cc2)cc1. The summed E-state index contributed by atoms with van der Waals surface area (Å²) in [6.07, 6.45) is 0. The molecule has 6 heteroatoms. The summed E-state index contributed by atoms with van der Waals surface area (Å²) in [4.78, 5) is 0. The smallest absolute Gasteiger partial charge is 0.170 e. The Morgan fingerprint density at radius 2 is 1.54 bits per heavy atom. The third-order valence-electron chi connectivity index (χ3n) is 3.07. The minimum atomic E-state index is 0.562. The first-order valence-electron chi connectivity index (χ1n) is 7.76. The first kappa shape index (κ1) is 18.0. The summed E-state index contributed by atoms with van der Waals surface area (Å²) in [5.74, 6) is 2.35. The Labute approximate surface area is 147 Å². The number of benzene rings is 2. The summed E-state index contributed by atoms with van der Waals surface area (Å²) < 4.78 is 16.2. The minimum Gasteiger partial charge on any atom is -0.494 e. The molecule has 0 atom stereocenters. The Balaban J connectivity index is 1.86. The number of hydrogen-bond acceptors (Lipinski definition) is 4. The van der Waals surface area contributed by atoms with Gasteiger partial charge in [-0.2, -0.15) is 0 Å². The zero-order valence-electron chi connectivity index (χ0n) is 13.9. The fourth-order valence-corrected chi connectivity index (χ4v) is 2.17. The predicted molar refractivity (Wildman–Crippen MR) is 100 cm³/mol. The third-order valence-corrected chi connectivity index (χ3v) is 3.32. The molecule has 0 aliphatic carbocycles. The number of anilines is 1. The lowest BCUT2D eigenvalue weighted by atomic mass is 10.3. The fourth-order valence-electron chi connectivity index (χ4n) is 1.95. The Kier molecular flexibility index (Phi) is 7.32. The first-order valence-corrected chi connectivity index (χ1v) is 8.16. The van der Waals surface area contributed by atoms with E-state index in [1.165, 1.54) is 0 Å². The van der Waals surface area contributed by atoms with Crippen molar-refractivity contribution in [1.82, 2.24) is 5.32 Å². The predicted octanol–water partition coefficient (Wildman–Crippen LogP) is 3.81. The molecule has 0 saturated heterocycles.